The molecule has 0 spiro atoms. The molecule has 0 amide bonds. The van der Waals surface area contributed by atoms with E-state index in [1.54, 1.807) is 20.3 Å². The molecule has 1 aliphatic heterocycles. The smallest absolute Gasteiger partial charge is 0.184 e. The molecule has 0 radical (unpaired) electrons. The van der Waals surface area contributed by atoms with Crippen LogP contribution in [0.15, 0.2) is 36.4 Å². The second-order valence-corrected chi connectivity index (χ2v) is 7.03. The summed E-state index contributed by atoms with van der Waals surface area (Å²) in [6.07, 6.45) is 5.42. The van der Waals surface area contributed by atoms with Crippen molar-refractivity contribution >= 4 is 5.71 Å². The van der Waals surface area contributed by atoms with Crippen molar-refractivity contribution in [1.29, 1.82) is 0 Å². The van der Waals surface area contributed by atoms with Crippen LogP contribution in [0.25, 0.3) is 0 Å². The number of rotatable bonds is 8. The molecule has 2 aromatic carbocycles. The Hall–Kier alpha value is -2.36. The fraction of sp³-hybridized carbons (Fsp3) is 0.435. The highest BCUT2D eigenvalue weighted by molar-refractivity contribution is 5.99. The van der Waals surface area contributed by atoms with Crippen molar-refractivity contribution in [3.8, 4) is 11.5 Å². The molecular formula is C23H29FNO2+. The number of nitrogens with zero attached hydrogens (tertiary/aromatic N) is 1. The lowest BCUT2D eigenvalue weighted by Gasteiger charge is -2.21. The molecule has 0 fully saturated rings. The van der Waals surface area contributed by atoms with Gasteiger partial charge in [-0.15, -0.1) is 0 Å². The summed E-state index contributed by atoms with van der Waals surface area (Å²) in [5.41, 5.74) is 4.53. The van der Waals surface area contributed by atoms with Crippen LogP contribution in [0.1, 0.15) is 49.3 Å². The minimum atomic E-state index is -0.136. The predicted molar refractivity (Wildman–Crippen MR) is 107 cm³/mol. The highest BCUT2D eigenvalue weighted by Crippen LogP contribution is 2.33. The van der Waals surface area contributed by atoms with Gasteiger partial charge in [-0.25, -0.2) is 8.97 Å². The van der Waals surface area contributed by atoms with Gasteiger partial charge in [-0.2, -0.15) is 0 Å². The number of methoxy groups -OCH3 is 2. The van der Waals surface area contributed by atoms with Gasteiger partial charge >= 0.3 is 0 Å². The van der Waals surface area contributed by atoms with Gasteiger partial charge in [-0.1, -0.05) is 31.9 Å². The van der Waals surface area contributed by atoms with Crippen molar-refractivity contribution in [2.24, 2.45) is 0 Å². The minimum Gasteiger partial charge on any atom is -0.493 e. The van der Waals surface area contributed by atoms with Crippen LogP contribution < -0.4 is 9.47 Å². The van der Waals surface area contributed by atoms with Crippen molar-refractivity contribution in [3.05, 3.63) is 58.9 Å². The molecule has 144 valence electrons. The standard InChI is InChI=1S/C23H29FNO2/c1-4-5-6-11-21-19-15-23(27-3)22(26-2)14-17(19)12-13-25(21)16-18-9-7-8-10-20(18)24/h7-10,14-15H,4-6,11-13,16H2,1-3H3/q+1. The first-order valence-electron chi connectivity index (χ1n) is 9.77. The third-order valence-electron chi connectivity index (χ3n) is 5.29. The normalized spacial score (nSPS) is 13.5. The van der Waals surface area contributed by atoms with E-state index in [0.717, 1.165) is 42.9 Å². The summed E-state index contributed by atoms with van der Waals surface area (Å²) in [6, 6.07) is 11.2. The van der Waals surface area contributed by atoms with Gasteiger partial charge in [-0.3, -0.25) is 0 Å². The van der Waals surface area contributed by atoms with E-state index in [9.17, 15) is 4.39 Å². The van der Waals surface area contributed by atoms with Crippen LogP contribution in [0, 0.1) is 5.82 Å². The third-order valence-corrected chi connectivity index (χ3v) is 5.29. The van der Waals surface area contributed by atoms with Gasteiger partial charge in [0, 0.05) is 18.4 Å². The quantitative estimate of drug-likeness (QED) is 0.483. The lowest BCUT2D eigenvalue weighted by Crippen LogP contribution is -2.30. The van der Waals surface area contributed by atoms with E-state index in [1.807, 2.05) is 12.1 Å². The third kappa shape index (κ3) is 4.32. The monoisotopic (exact) mass is 370 g/mol. The van der Waals surface area contributed by atoms with Crippen molar-refractivity contribution in [2.75, 3.05) is 20.8 Å². The fourth-order valence-corrected chi connectivity index (χ4v) is 3.80. The Morgan fingerprint density at radius 1 is 1.04 bits per heavy atom. The van der Waals surface area contributed by atoms with Crippen LogP contribution in [0.3, 0.4) is 0 Å². The van der Waals surface area contributed by atoms with Crippen LogP contribution in [0.5, 0.6) is 11.5 Å². The van der Waals surface area contributed by atoms with Gasteiger partial charge in [-0.05, 0) is 36.2 Å². The molecule has 2 aromatic rings. The number of hydrogen-bond acceptors (Lipinski definition) is 2. The lowest BCUT2D eigenvalue weighted by atomic mass is 9.92. The molecule has 1 heterocycles. The molecule has 3 rings (SSSR count). The zero-order valence-electron chi connectivity index (χ0n) is 16.6. The molecule has 0 saturated carbocycles. The number of hydrogen-bond donors (Lipinski definition) is 0. The Kier molecular flexibility index (Phi) is 6.49. The molecule has 0 atom stereocenters. The summed E-state index contributed by atoms with van der Waals surface area (Å²) in [5.74, 6) is 1.38. The summed E-state index contributed by atoms with van der Waals surface area (Å²) in [7, 11) is 3.34. The highest BCUT2D eigenvalue weighted by Gasteiger charge is 2.28. The first-order valence-corrected chi connectivity index (χ1v) is 9.77. The molecule has 0 saturated heterocycles. The van der Waals surface area contributed by atoms with Crippen LogP contribution in [0.2, 0.25) is 0 Å². The van der Waals surface area contributed by atoms with Gasteiger partial charge in [0.05, 0.1) is 19.8 Å². The molecule has 0 aromatic heterocycles. The van der Waals surface area contributed by atoms with E-state index >= 15 is 0 Å². The van der Waals surface area contributed by atoms with Crippen LogP contribution in [-0.4, -0.2) is 31.1 Å². The minimum absolute atomic E-state index is 0.136. The Morgan fingerprint density at radius 2 is 1.78 bits per heavy atom. The zero-order chi connectivity index (χ0) is 19.2. The zero-order valence-corrected chi connectivity index (χ0v) is 16.6. The number of unbranched alkanes of at least 4 members (excludes halogenated alkanes) is 2. The average molecular weight is 370 g/mol. The number of fused-ring (bicyclic) bond motifs is 1. The van der Waals surface area contributed by atoms with E-state index in [2.05, 4.69) is 23.6 Å². The second kappa shape index (κ2) is 9.03. The second-order valence-electron chi connectivity index (χ2n) is 7.03. The van der Waals surface area contributed by atoms with E-state index < -0.39 is 0 Å². The molecule has 1 aliphatic rings. The molecular weight excluding hydrogens is 341 g/mol. The highest BCUT2D eigenvalue weighted by atomic mass is 19.1. The molecule has 3 nitrogen and oxygen atoms in total. The molecule has 4 heteroatoms. The maximum atomic E-state index is 14.2. The lowest BCUT2D eigenvalue weighted by molar-refractivity contribution is -0.546. The maximum Gasteiger partial charge on any atom is 0.184 e. The SMILES string of the molecule is CCCCCC1=[N+](Cc2ccccc2F)CCc2cc(OC)c(OC)cc21. The van der Waals surface area contributed by atoms with Gasteiger partial charge in [0.15, 0.2) is 23.8 Å². The fourth-order valence-electron chi connectivity index (χ4n) is 3.80. The van der Waals surface area contributed by atoms with Crippen molar-refractivity contribution < 1.29 is 18.4 Å². The summed E-state index contributed by atoms with van der Waals surface area (Å²) in [6.45, 7) is 3.70. The van der Waals surface area contributed by atoms with E-state index in [-0.39, 0.29) is 5.82 Å². The largest absolute Gasteiger partial charge is 0.493 e. The first-order chi connectivity index (χ1) is 13.2. The number of benzene rings is 2. The van der Waals surface area contributed by atoms with E-state index in [0.29, 0.717) is 6.54 Å². The van der Waals surface area contributed by atoms with E-state index in [1.165, 1.54) is 35.7 Å². The Morgan fingerprint density at radius 3 is 2.48 bits per heavy atom. The predicted octanol–water partition coefficient (Wildman–Crippen LogP) is 4.98. The van der Waals surface area contributed by atoms with Crippen molar-refractivity contribution in [1.82, 2.24) is 0 Å². The van der Waals surface area contributed by atoms with Crippen LogP contribution in [-0.2, 0) is 13.0 Å². The number of halogens is 1. The summed E-state index contributed by atoms with van der Waals surface area (Å²) in [4.78, 5) is 0. The summed E-state index contributed by atoms with van der Waals surface area (Å²) >= 11 is 0. The van der Waals surface area contributed by atoms with Gasteiger partial charge in [0.25, 0.3) is 0 Å². The number of ether oxygens (including phenoxy) is 2. The van der Waals surface area contributed by atoms with Crippen LogP contribution in [0.4, 0.5) is 4.39 Å². The average Bonchev–Trinajstić information content (AvgIpc) is 2.70. The molecule has 0 unspecified atom stereocenters. The Bertz CT molecular complexity index is 829. The van der Waals surface area contributed by atoms with Gasteiger partial charge < -0.3 is 9.47 Å². The molecule has 0 N–H and O–H groups in total. The maximum absolute atomic E-state index is 14.2. The first kappa shape index (κ1) is 19.4. The van der Waals surface area contributed by atoms with Crippen molar-refractivity contribution in [3.63, 3.8) is 0 Å². The molecule has 0 aliphatic carbocycles. The summed E-state index contributed by atoms with van der Waals surface area (Å²) < 4.78 is 27.6. The summed E-state index contributed by atoms with van der Waals surface area (Å²) in [5, 5.41) is 0. The Labute approximate surface area is 161 Å². The Balaban J connectivity index is 2.03. The topological polar surface area (TPSA) is 21.5 Å². The van der Waals surface area contributed by atoms with Gasteiger partial charge in [0.1, 0.15) is 12.4 Å². The van der Waals surface area contributed by atoms with Crippen molar-refractivity contribution in [2.45, 2.75) is 45.6 Å². The van der Waals surface area contributed by atoms with Crippen LogP contribution >= 0.6 is 0 Å². The van der Waals surface area contributed by atoms with E-state index in [4.69, 9.17) is 9.47 Å². The molecule has 0 bridgehead atoms. The molecule has 27 heavy (non-hydrogen) atoms. The van der Waals surface area contributed by atoms with Gasteiger partial charge in [0.2, 0.25) is 0 Å².